The number of esters is 2. The summed E-state index contributed by atoms with van der Waals surface area (Å²) in [6, 6.07) is 7.75. The average molecular weight is 987 g/mol. The number of nitrogens with one attached hydrogen (secondary N) is 3. The van der Waals surface area contributed by atoms with Crippen molar-refractivity contribution in [2.45, 2.75) is 219 Å². The number of likely N-dealkylation sites (tertiary alicyclic amines) is 1. The molecule has 71 heavy (non-hydrogen) atoms. The fourth-order valence-electron chi connectivity index (χ4n) is 10.3. The molecule has 0 radical (unpaired) electrons. The van der Waals surface area contributed by atoms with Crippen LogP contribution in [-0.4, -0.2) is 103 Å². The third-order valence-electron chi connectivity index (χ3n) is 15.2. The molecule has 2 saturated heterocycles. The minimum atomic E-state index is -0.650. The number of hydrogen-bond acceptors (Lipinski definition) is 11. The lowest BCUT2D eigenvalue weighted by atomic mass is 9.79. The zero-order valence-corrected chi connectivity index (χ0v) is 44.8. The predicted molar refractivity (Wildman–Crippen MR) is 278 cm³/mol. The number of rotatable bonds is 22. The van der Waals surface area contributed by atoms with Crippen LogP contribution in [0.15, 0.2) is 24.3 Å². The topological polar surface area (TPSA) is 178 Å². The molecule has 2 aromatic heterocycles. The van der Waals surface area contributed by atoms with Gasteiger partial charge in [-0.05, 0) is 173 Å². The van der Waals surface area contributed by atoms with Crippen LogP contribution in [0.25, 0.3) is 0 Å². The monoisotopic (exact) mass is 987 g/mol. The maximum absolute atomic E-state index is 13.2. The molecular formula is C57H90N6O8. The van der Waals surface area contributed by atoms with Crippen LogP contribution in [0.3, 0.4) is 0 Å². The number of carbonyl (C=O) groups is 5. The molecule has 0 saturated carbocycles. The van der Waals surface area contributed by atoms with E-state index in [1.54, 1.807) is 4.90 Å². The van der Waals surface area contributed by atoms with Crippen molar-refractivity contribution in [1.29, 1.82) is 0 Å². The number of hydrogen-bond donors (Lipinski definition) is 3. The number of amides is 3. The van der Waals surface area contributed by atoms with Gasteiger partial charge in [-0.1, -0.05) is 77.3 Å². The van der Waals surface area contributed by atoms with Gasteiger partial charge in [-0.3, -0.25) is 19.6 Å². The van der Waals surface area contributed by atoms with Crippen molar-refractivity contribution < 1.29 is 38.2 Å². The lowest BCUT2D eigenvalue weighted by molar-refractivity contribution is -0.147. The molecule has 2 aromatic rings. The molecule has 2 fully saturated rings. The average Bonchev–Trinajstić information content (AvgIpc) is 3.36. The largest absolute Gasteiger partial charge is 0.467 e. The Morgan fingerprint density at radius 3 is 1.45 bits per heavy atom. The summed E-state index contributed by atoms with van der Waals surface area (Å²) < 4.78 is 15.4. The van der Waals surface area contributed by atoms with Crippen LogP contribution in [0.5, 0.6) is 0 Å². The molecule has 6 rings (SSSR count). The second kappa shape index (κ2) is 28.6. The maximum atomic E-state index is 13.2. The number of aryl methyl sites for hydroxylation is 6. The molecular weight excluding hydrogens is 897 g/mol. The van der Waals surface area contributed by atoms with Gasteiger partial charge >= 0.3 is 18.0 Å². The van der Waals surface area contributed by atoms with Gasteiger partial charge in [0.25, 0.3) is 0 Å². The number of carbonyl (C=O) groups excluding carboxylic acids is 5. The first kappa shape index (κ1) is 57.3. The van der Waals surface area contributed by atoms with Gasteiger partial charge in [0.15, 0.2) is 0 Å². The van der Waals surface area contributed by atoms with E-state index in [1.165, 1.54) is 93.1 Å². The van der Waals surface area contributed by atoms with Gasteiger partial charge in [-0.15, -0.1) is 0 Å². The van der Waals surface area contributed by atoms with E-state index in [1.807, 2.05) is 34.6 Å². The Balaban J connectivity index is 0.000000269. The molecule has 4 heterocycles. The number of nitrogens with zero attached hydrogens (tertiary/aromatic N) is 3. The molecule has 0 bridgehead atoms. The van der Waals surface area contributed by atoms with Crippen molar-refractivity contribution in [3.05, 3.63) is 58.2 Å². The van der Waals surface area contributed by atoms with Crippen molar-refractivity contribution in [3.63, 3.8) is 0 Å². The first-order valence-electron chi connectivity index (χ1n) is 27.4. The van der Waals surface area contributed by atoms with E-state index in [2.05, 4.69) is 40.2 Å². The van der Waals surface area contributed by atoms with E-state index in [9.17, 15) is 24.0 Å². The van der Waals surface area contributed by atoms with Crippen molar-refractivity contribution in [3.8, 4) is 0 Å². The number of pyridine rings is 2. The van der Waals surface area contributed by atoms with E-state index in [0.29, 0.717) is 38.8 Å². The van der Waals surface area contributed by atoms with Crippen molar-refractivity contribution in [1.82, 2.24) is 30.8 Å². The molecule has 3 N–H and O–H groups in total. The van der Waals surface area contributed by atoms with Crippen molar-refractivity contribution in [2.24, 2.45) is 10.8 Å². The van der Waals surface area contributed by atoms with E-state index in [4.69, 9.17) is 24.2 Å². The number of unbranched alkanes of at least 4 members (excludes halogenated alkanes) is 8. The smallest absolute Gasteiger partial charge is 0.410 e. The molecule has 3 amide bonds. The lowest BCUT2D eigenvalue weighted by Crippen LogP contribution is -2.53. The fourth-order valence-corrected chi connectivity index (χ4v) is 10.3. The number of fused-ring (bicyclic) bond motifs is 2. The lowest BCUT2D eigenvalue weighted by Gasteiger charge is -2.39. The predicted octanol–water partition coefficient (Wildman–Crippen LogP) is 9.43. The van der Waals surface area contributed by atoms with E-state index < -0.39 is 34.5 Å². The summed E-state index contributed by atoms with van der Waals surface area (Å²) in [5, 5.41) is 9.22. The van der Waals surface area contributed by atoms with Gasteiger partial charge in [-0.25, -0.2) is 14.4 Å². The van der Waals surface area contributed by atoms with Crippen molar-refractivity contribution in [2.75, 3.05) is 40.4 Å². The van der Waals surface area contributed by atoms with E-state index in [0.717, 1.165) is 109 Å². The Morgan fingerprint density at radius 1 is 0.606 bits per heavy atom. The van der Waals surface area contributed by atoms with Crippen LogP contribution in [0.1, 0.15) is 197 Å². The standard InChI is InChI=1S/C31H49N3O5.C26H41N3O3/c1-30(2,3)39-29(37)34-21-19-31(4,20-22-34)28(36)33-26(27(35)38-5)16-10-8-6-7-9-14-24-18-17-23-13-11-12-15-25(23)32-24;1-26(16-18-27-19-17-26)25(31)29-23(24(30)32-2)13-7-5-3-4-6-11-21-15-14-20-10-8-9-12-22(20)28-21/h17-18,26H,6-16,19-22H2,1-5H3,(H,33,36);14-15,23,27H,3-13,16-19H2,1-2H3,(H,29,31)/t26-;23-/m00/s1. The normalized spacial score (nSPS) is 18.0. The van der Waals surface area contributed by atoms with Gasteiger partial charge in [0.2, 0.25) is 11.8 Å². The highest BCUT2D eigenvalue weighted by atomic mass is 16.6. The molecule has 0 aromatic carbocycles. The molecule has 14 heteroatoms. The summed E-state index contributed by atoms with van der Waals surface area (Å²) >= 11 is 0. The molecule has 2 aliphatic carbocycles. The molecule has 14 nitrogen and oxygen atoms in total. The van der Waals surface area contributed by atoms with Gasteiger partial charge in [0.1, 0.15) is 17.7 Å². The van der Waals surface area contributed by atoms with Crippen LogP contribution < -0.4 is 16.0 Å². The van der Waals surface area contributed by atoms with Crippen LogP contribution in [-0.2, 0) is 71.9 Å². The quantitative estimate of drug-likeness (QED) is 0.0582. The Morgan fingerprint density at radius 2 is 1.01 bits per heavy atom. The summed E-state index contributed by atoms with van der Waals surface area (Å²) in [5.41, 5.74) is 6.33. The third kappa shape index (κ3) is 18.8. The summed E-state index contributed by atoms with van der Waals surface area (Å²) in [6.07, 6.45) is 25.8. The number of methoxy groups -OCH3 is 2. The highest BCUT2D eigenvalue weighted by Crippen LogP contribution is 2.33. The fraction of sp³-hybridized carbons (Fsp3) is 0.737. The zero-order chi connectivity index (χ0) is 51.3. The van der Waals surface area contributed by atoms with Crippen LogP contribution in [0.4, 0.5) is 4.79 Å². The molecule has 0 spiro atoms. The first-order valence-corrected chi connectivity index (χ1v) is 27.4. The summed E-state index contributed by atoms with van der Waals surface area (Å²) in [5.74, 6) is -0.919. The minimum Gasteiger partial charge on any atom is -0.467 e. The second-order valence-electron chi connectivity index (χ2n) is 22.3. The second-order valence-corrected chi connectivity index (χ2v) is 22.3. The van der Waals surface area contributed by atoms with Gasteiger partial charge in [0, 0.05) is 46.7 Å². The van der Waals surface area contributed by atoms with Crippen molar-refractivity contribution >= 4 is 29.8 Å². The van der Waals surface area contributed by atoms with E-state index >= 15 is 0 Å². The highest BCUT2D eigenvalue weighted by Gasteiger charge is 2.41. The maximum Gasteiger partial charge on any atom is 0.410 e. The Bertz CT molecular complexity index is 2020. The molecule has 4 aliphatic rings. The number of ether oxygens (including phenoxy) is 3. The van der Waals surface area contributed by atoms with Gasteiger partial charge in [0.05, 0.1) is 14.2 Å². The summed E-state index contributed by atoms with van der Waals surface area (Å²) in [6.45, 7) is 12.0. The highest BCUT2D eigenvalue weighted by molar-refractivity contribution is 5.88. The molecule has 2 atom stereocenters. The zero-order valence-electron chi connectivity index (χ0n) is 44.8. The summed E-state index contributed by atoms with van der Waals surface area (Å²) in [7, 11) is 2.75. The first-order chi connectivity index (χ1) is 34.0. The summed E-state index contributed by atoms with van der Waals surface area (Å²) in [4.78, 5) is 74.4. The minimum absolute atomic E-state index is 0.0213. The molecule has 0 unspecified atom stereocenters. The van der Waals surface area contributed by atoms with Crippen LogP contribution in [0, 0.1) is 10.8 Å². The number of piperidine rings is 2. The third-order valence-corrected chi connectivity index (χ3v) is 15.2. The molecule has 396 valence electrons. The van der Waals surface area contributed by atoms with Crippen LogP contribution >= 0.6 is 0 Å². The Labute approximate surface area is 426 Å². The van der Waals surface area contributed by atoms with E-state index in [-0.39, 0.29) is 23.9 Å². The van der Waals surface area contributed by atoms with Crippen LogP contribution in [0.2, 0.25) is 0 Å². The number of aromatic nitrogens is 2. The van der Waals surface area contributed by atoms with Gasteiger partial charge in [-0.2, -0.15) is 0 Å². The Hall–Kier alpha value is -4.59. The Kier molecular flexibility index (Phi) is 23.1. The molecule has 2 aliphatic heterocycles. The SMILES string of the molecule is COC(=O)[C@H](CCCCCCCc1ccc2c(n1)CCCC2)NC(=O)C1(C)CCN(C(=O)OC(C)(C)C)CC1.COC(=O)[C@H](CCCCCCCc1ccc2c(n1)CCCC2)NC(=O)C1(C)CCNCC1. The van der Waals surface area contributed by atoms with Gasteiger partial charge < -0.3 is 35.1 Å².